The highest BCUT2D eigenvalue weighted by atomic mass is 19.1. The van der Waals surface area contributed by atoms with Crippen LogP contribution in [0.3, 0.4) is 0 Å². The molecule has 1 aliphatic rings. The molecule has 0 fully saturated rings. The van der Waals surface area contributed by atoms with Crippen molar-refractivity contribution in [3.05, 3.63) is 34.9 Å². The number of alkyl halides is 1. The zero-order valence-corrected chi connectivity index (χ0v) is 8.08. The Labute approximate surface area is 81.7 Å². The fraction of sp³-hybridized carbons (Fsp3) is 0.364. The van der Waals surface area contributed by atoms with Gasteiger partial charge in [-0.05, 0) is 19.4 Å². The van der Waals surface area contributed by atoms with Crippen LogP contribution in [0.2, 0.25) is 0 Å². The number of rotatable bonds is 0. The van der Waals surface area contributed by atoms with Gasteiger partial charge in [0.2, 0.25) is 0 Å². The maximum atomic E-state index is 13.6. The van der Waals surface area contributed by atoms with E-state index in [-0.39, 0.29) is 0 Å². The van der Waals surface area contributed by atoms with Gasteiger partial charge in [-0.15, -0.1) is 0 Å². The summed E-state index contributed by atoms with van der Waals surface area (Å²) < 4.78 is 18.5. The highest BCUT2D eigenvalue weighted by Crippen LogP contribution is 2.33. The lowest BCUT2D eigenvalue weighted by Gasteiger charge is -2.26. The molecular weight excluding hydrogens is 183 g/mol. The first-order valence-electron chi connectivity index (χ1n) is 4.56. The molecule has 1 aliphatic heterocycles. The minimum absolute atomic E-state index is 0.387. The van der Waals surface area contributed by atoms with Gasteiger partial charge in [-0.3, -0.25) is 0 Å². The Bertz CT molecular complexity index is 387. The second-order valence-corrected chi connectivity index (χ2v) is 3.55. The maximum absolute atomic E-state index is 13.6. The molecule has 0 aliphatic carbocycles. The molecule has 0 aromatic heterocycles. The first-order chi connectivity index (χ1) is 6.61. The summed E-state index contributed by atoms with van der Waals surface area (Å²) in [5.74, 6) is -0.417. The second-order valence-electron chi connectivity index (χ2n) is 3.55. The van der Waals surface area contributed by atoms with Crippen LogP contribution in [0.5, 0.6) is 0 Å². The van der Waals surface area contributed by atoms with E-state index in [9.17, 15) is 9.18 Å². The summed E-state index contributed by atoms with van der Waals surface area (Å²) >= 11 is 0. The quantitative estimate of drug-likeness (QED) is 0.593. The van der Waals surface area contributed by atoms with Gasteiger partial charge in [-0.2, -0.15) is 0 Å². The Balaban J connectivity index is 2.61. The van der Waals surface area contributed by atoms with Gasteiger partial charge in [-0.1, -0.05) is 18.2 Å². The number of carbonyl (C=O) groups excluding carboxylic acids is 1. The van der Waals surface area contributed by atoms with Crippen molar-refractivity contribution >= 4 is 5.97 Å². The number of halogens is 1. The number of ether oxygens (including phenoxy) is 1. The molecule has 2 nitrogen and oxygen atoms in total. The number of cyclic esters (lactones) is 1. The third kappa shape index (κ3) is 1.20. The van der Waals surface area contributed by atoms with E-state index in [0.717, 1.165) is 5.56 Å². The van der Waals surface area contributed by atoms with Crippen molar-refractivity contribution in [2.24, 2.45) is 0 Å². The number of hydrogen-bond donors (Lipinski definition) is 0. The molecule has 0 spiro atoms. The van der Waals surface area contributed by atoms with E-state index < -0.39 is 18.2 Å². The van der Waals surface area contributed by atoms with Gasteiger partial charge >= 0.3 is 5.97 Å². The summed E-state index contributed by atoms with van der Waals surface area (Å²) in [5.41, 5.74) is 1.61. The molecule has 0 radical (unpaired) electrons. The van der Waals surface area contributed by atoms with Gasteiger partial charge in [0.15, 0.2) is 6.17 Å². The van der Waals surface area contributed by atoms with E-state index in [2.05, 4.69) is 0 Å². The topological polar surface area (TPSA) is 26.3 Å². The number of aryl methyl sites for hydroxylation is 1. The third-order valence-electron chi connectivity index (χ3n) is 2.51. The lowest BCUT2D eigenvalue weighted by Crippen LogP contribution is -2.28. The van der Waals surface area contributed by atoms with Crippen LogP contribution in [0.1, 0.15) is 34.6 Å². The third-order valence-corrected chi connectivity index (χ3v) is 2.51. The number of benzene rings is 1. The zero-order valence-electron chi connectivity index (χ0n) is 8.08. The molecule has 14 heavy (non-hydrogen) atoms. The standard InChI is InChI=1S/C11H11FO2/c1-6-4-3-5-8-9(6)11(13)14-7(2)10(8)12/h3-5,7,10H,1-2H3/t7-,10+/m0/s1. The van der Waals surface area contributed by atoms with Crippen molar-refractivity contribution in [1.29, 1.82) is 0 Å². The summed E-state index contributed by atoms with van der Waals surface area (Å²) in [6.45, 7) is 3.34. The molecule has 0 saturated heterocycles. The molecule has 74 valence electrons. The second kappa shape index (κ2) is 3.08. The Morgan fingerprint density at radius 3 is 2.86 bits per heavy atom. The normalized spacial score (nSPS) is 25.5. The summed E-state index contributed by atoms with van der Waals surface area (Å²) in [5, 5.41) is 0. The van der Waals surface area contributed by atoms with Gasteiger partial charge < -0.3 is 4.74 Å². The van der Waals surface area contributed by atoms with E-state index in [1.54, 1.807) is 32.0 Å². The zero-order chi connectivity index (χ0) is 10.3. The average Bonchev–Trinajstić information content (AvgIpc) is 2.14. The number of hydrogen-bond acceptors (Lipinski definition) is 2. The van der Waals surface area contributed by atoms with Crippen molar-refractivity contribution in [3.63, 3.8) is 0 Å². The fourth-order valence-electron chi connectivity index (χ4n) is 1.74. The lowest BCUT2D eigenvalue weighted by atomic mass is 9.94. The van der Waals surface area contributed by atoms with Gasteiger partial charge in [0.1, 0.15) is 6.10 Å². The SMILES string of the molecule is Cc1cccc2c1C(=O)O[C@@H](C)[C@H]2F. The molecule has 0 N–H and O–H groups in total. The summed E-state index contributed by atoms with van der Waals surface area (Å²) in [6, 6.07) is 5.18. The molecule has 1 aromatic rings. The Morgan fingerprint density at radius 2 is 2.14 bits per heavy atom. The summed E-state index contributed by atoms with van der Waals surface area (Å²) in [6.07, 6.45) is -1.89. The Kier molecular flexibility index (Phi) is 2.02. The predicted octanol–water partition coefficient (Wildman–Crippen LogP) is 2.56. The molecule has 0 bridgehead atoms. The van der Waals surface area contributed by atoms with Crippen LogP contribution in [-0.4, -0.2) is 12.1 Å². The monoisotopic (exact) mass is 194 g/mol. The molecule has 2 rings (SSSR count). The van der Waals surface area contributed by atoms with Crippen molar-refractivity contribution in [2.75, 3.05) is 0 Å². The van der Waals surface area contributed by atoms with E-state index in [1.807, 2.05) is 0 Å². The largest absolute Gasteiger partial charge is 0.456 e. The van der Waals surface area contributed by atoms with E-state index in [0.29, 0.717) is 11.1 Å². The molecule has 0 unspecified atom stereocenters. The molecule has 1 aromatic carbocycles. The minimum Gasteiger partial charge on any atom is -0.456 e. The first kappa shape index (κ1) is 9.19. The number of esters is 1. The van der Waals surface area contributed by atoms with Gasteiger partial charge in [-0.25, -0.2) is 9.18 Å². The lowest BCUT2D eigenvalue weighted by molar-refractivity contribution is 0.00390. The van der Waals surface area contributed by atoms with Crippen molar-refractivity contribution < 1.29 is 13.9 Å². The number of carbonyl (C=O) groups is 1. The van der Waals surface area contributed by atoms with E-state index >= 15 is 0 Å². The van der Waals surface area contributed by atoms with Crippen LogP contribution >= 0.6 is 0 Å². The minimum atomic E-state index is -1.21. The smallest absolute Gasteiger partial charge is 0.339 e. The van der Waals surface area contributed by atoms with Crippen LogP contribution < -0.4 is 0 Å². The van der Waals surface area contributed by atoms with Gasteiger partial charge in [0, 0.05) is 5.56 Å². The Hall–Kier alpha value is -1.38. The molecule has 1 heterocycles. The van der Waals surface area contributed by atoms with Crippen LogP contribution in [-0.2, 0) is 4.74 Å². The molecular formula is C11H11FO2. The molecule has 2 atom stereocenters. The maximum Gasteiger partial charge on any atom is 0.339 e. The van der Waals surface area contributed by atoms with Crippen molar-refractivity contribution in [2.45, 2.75) is 26.1 Å². The highest BCUT2D eigenvalue weighted by Gasteiger charge is 2.33. The first-order valence-corrected chi connectivity index (χ1v) is 4.56. The number of fused-ring (bicyclic) bond motifs is 1. The average molecular weight is 194 g/mol. The van der Waals surface area contributed by atoms with Crippen molar-refractivity contribution in [1.82, 2.24) is 0 Å². The summed E-state index contributed by atoms with van der Waals surface area (Å²) in [4.78, 5) is 11.5. The van der Waals surface area contributed by atoms with E-state index in [4.69, 9.17) is 4.74 Å². The van der Waals surface area contributed by atoms with Crippen LogP contribution in [0.4, 0.5) is 4.39 Å². The van der Waals surface area contributed by atoms with Crippen LogP contribution in [0.15, 0.2) is 18.2 Å². The molecule has 3 heteroatoms. The van der Waals surface area contributed by atoms with Crippen LogP contribution in [0, 0.1) is 6.92 Å². The van der Waals surface area contributed by atoms with Crippen LogP contribution in [0.25, 0.3) is 0 Å². The Morgan fingerprint density at radius 1 is 1.43 bits per heavy atom. The van der Waals surface area contributed by atoms with Gasteiger partial charge in [0.05, 0.1) is 5.56 Å². The molecule has 0 saturated carbocycles. The highest BCUT2D eigenvalue weighted by molar-refractivity contribution is 5.94. The van der Waals surface area contributed by atoms with Gasteiger partial charge in [0.25, 0.3) is 0 Å². The summed E-state index contributed by atoms with van der Waals surface area (Å²) in [7, 11) is 0. The van der Waals surface area contributed by atoms with Crippen molar-refractivity contribution in [3.8, 4) is 0 Å². The predicted molar refractivity (Wildman–Crippen MR) is 49.9 cm³/mol. The van der Waals surface area contributed by atoms with E-state index in [1.165, 1.54) is 0 Å². The fourth-order valence-corrected chi connectivity index (χ4v) is 1.74. The molecule has 0 amide bonds.